The summed E-state index contributed by atoms with van der Waals surface area (Å²) in [5, 5.41) is 0. The van der Waals surface area contributed by atoms with E-state index in [4.69, 9.17) is 5.73 Å². The summed E-state index contributed by atoms with van der Waals surface area (Å²) in [7, 11) is 0. The molecule has 1 saturated carbocycles. The van der Waals surface area contributed by atoms with Crippen LogP contribution >= 0.6 is 0 Å². The Kier molecular flexibility index (Phi) is 3.36. The summed E-state index contributed by atoms with van der Waals surface area (Å²) < 4.78 is 0. The van der Waals surface area contributed by atoms with Crippen LogP contribution in [0.5, 0.6) is 0 Å². The van der Waals surface area contributed by atoms with E-state index in [9.17, 15) is 0 Å². The quantitative estimate of drug-likeness (QED) is 0.718. The van der Waals surface area contributed by atoms with E-state index >= 15 is 0 Å². The lowest BCUT2D eigenvalue weighted by Crippen LogP contribution is -2.42. The third-order valence-corrected chi connectivity index (χ3v) is 4.55. The Hall–Kier alpha value is -0.0800. The van der Waals surface area contributed by atoms with Crippen molar-refractivity contribution in [2.24, 2.45) is 23.5 Å². The highest BCUT2D eigenvalue weighted by atomic mass is 15.2. The van der Waals surface area contributed by atoms with Crippen molar-refractivity contribution in [3.63, 3.8) is 0 Å². The predicted octanol–water partition coefficient (Wildman–Crippen LogP) is 2.09. The molecule has 1 aliphatic heterocycles. The molecule has 2 N–H and O–H groups in total. The van der Waals surface area contributed by atoms with Crippen molar-refractivity contribution in [1.29, 1.82) is 0 Å². The van der Waals surface area contributed by atoms with E-state index < -0.39 is 0 Å². The molecule has 2 nitrogen and oxygen atoms in total. The summed E-state index contributed by atoms with van der Waals surface area (Å²) >= 11 is 0. The summed E-state index contributed by atoms with van der Waals surface area (Å²) in [6.07, 6.45) is 4.21. The van der Waals surface area contributed by atoms with E-state index in [2.05, 4.69) is 25.7 Å². The van der Waals surface area contributed by atoms with Crippen molar-refractivity contribution >= 4 is 0 Å². The first-order valence-corrected chi connectivity index (χ1v) is 6.57. The molecule has 88 valence electrons. The zero-order chi connectivity index (χ0) is 11.0. The van der Waals surface area contributed by atoms with Crippen molar-refractivity contribution < 1.29 is 0 Å². The Morgan fingerprint density at radius 3 is 2.27 bits per heavy atom. The molecule has 1 heterocycles. The topological polar surface area (TPSA) is 29.3 Å². The van der Waals surface area contributed by atoms with Gasteiger partial charge in [0.1, 0.15) is 0 Å². The van der Waals surface area contributed by atoms with Crippen LogP contribution in [0.2, 0.25) is 0 Å². The summed E-state index contributed by atoms with van der Waals surface area (Å²) in [5.74, 6) is 2.49. The largest absolute Gasteiger partial charge is 0.326 e. The van der Waals surface area contributed by atoms with Gasteiger partial charge in [-0.1, -0.05) is 20.8 Å². The minimum Gasteiger partial charge on any atom is -0.326 e. The molecule has 2 aliphatic rings. The monoisotopic (exact) mass is 210 g/mol. The molecule has 0 aromatic rings. The van der Waals surface area contributed by atoms with Gasteiger partial charge in [-0.2, -0.15) is 0 Å². The molecule has 2 fully saturated rings. The van der Waals surface area contributed by atoms with Crippen LogP contribution in [0, 0.1) is 17.8 Å². The molecule has 5 unspecified atom stereocenters. The third kappa shape index (κ3) is 2.36. The summed E-state index contributed by atoms with van der Waals surface area (Å²) in [6, 6.07) is 1.23. The smallest absolute Gasteiger partial charge is 0.0206 e. The van der Waals surface area contributed by atoms with Gasteiger partial charge >= 0.3 is 0 Å². The molecule has 1 aliphatic carbocycles. The second-order valence-electron chi connectivity index (χ2n) is 6.06. The van der Waals surface area contributed by atoms with Crippen LogP contribution in [0.25, 0.3) is 0 Å². The lowest BCUT2D eigenvalue weighted by Gasteiger charge is -2.38. The summed E-state index contributed by atoms with van der Waals surface area (Å²) in [4.78, 5) is 2.66. The van der Waals surface area contributed by atoms with Gasteiger partial charge in [0.05, 0.1) is 0 Å². The molecule has 0 radical (unpaired) electrons. The van der Waals surface area contributed by atoms with Crippen molar-refractivity contribution in [2.45, 2.75) is 52.1 Å². The van der Waals surface area contributed by atoms with Gasteiger partial charge in [0.2, 0.25) is 0 Å². The molecule has 2 heteroatoms. The van der Waals surface area contributed by atoms with Crippen LogP contribution in [0.15, 0.2) is 0 Å². The molecule has 0 aromatic carbocycles. The number of nitrogens with two attached hydrogens (primary N) is 1. The standard InChI is InChI=1S/C13H26N2/c1-9-4-5-13(10(2)6-9)15-7-11(3)12(14)8-15/h9-13H,4-8,14H2,1-3H3. The lowest BCUT2D eigenvalue weighted by atomic mass is 9.79. The van der Waals surface area contributed by atoms with E-state index in [1.54, 1.807) is 0 Å². The fraction of sp³-hybridized carbons (Fsp3) is 1.00. The number of hydrogen-bond acceptors (Lipinski definition) is 2. The number of likely N-dealkylation sites (tertiary alicyclic amines) is 1. The summed E-state index contributed by atoms with van der Waals surface area (Å²) in [6.45, 7) is 9.47. The van der Waals surface area contributed by atoms with Crippen molar-refractivity contribution in [1.82, 2.24) is 4.90 Å². The first kappa shape index (κ1) is 11.4. The minimum absolute atomic E-state index is 0.413. The van der Waals surface area contributed by atoms with Gasteiger partial charge in [-0.25, -0.2) is 0 Å². The van der Waals surface area contributed by atoms with Crippen molar-refractivity contribution in [3.05, 3.63) is 0 Å². The Morgan fingerprint density at radius 1 is 1.00 bits per heavy atom. The molecule has 0 bridgehead atoms. The molecule has 5 atom stereocenters. The molecule has 1 saturated heterocycles. The predicted molar refractivity (Wildman–Crippen MR) is 64.7 cm³/mol. The van der Waals surface area contributed by atoms with Gasteiger partial charge in [-0.3, -0.25) is 4.90 Å². The second kappa shape index (κ2) is 4.42. The van der Waals surface area contributed by atoms with Crippen molar-refractivity contribution in [3.8, 4) is 0 Å². The maximum Gasteiger partial charge on any atom is 0.0206 e. The molecule has 2 rings (SSSR count). The molecule has 0 aromatic heterocycles. The van der Waals surface area contributed by atoms with Crippen LogP contribution in [0.1, 0.15) is 40.0 Å². The Labute approximate surface area is 94.2 Å². The highest BCUT2D eigenvalue weighted by Crippen LogP contribution is 2.34. The minimum atomic E-state index is 0.413. The zero-order valence-corrected chi connectivity index (χ0v) is 10.4. The van der Waals surface area contributed by atoms with Crippen LogP contribution in [-0.4, -0.2) is 30.1 Å². The van der Waals surface area contributed by atoms with E-state index in [0.29, 0.717) is 12.0 Å². The Bertz CT molecular complexity index is 207. The zero-order valence-electron chi connectivity index (χ0n) is 10.4. The molecule has 0 spiro atoms. The fourth-order valence-electron chi connectivity index (χ4n) is 3.49. The van der Waals surface area contributed by atoms with E-state index in [1.165, 1.54) is 25.8 Å². The maximum absolute atomic E-state index is 6.11. The van der Waals surface area contributed by atoms with Gasteiger partial charge in [0.15, 0.2) is 0 Å². The Balaban J connectivity index is 1.94. The number of nitrogens with zero attached hydrogens (tertiary/aromatic N) is 1. The van der Waals surface area contributed by atoms with Gasteiger partial charge in [0.25, 0.3) is 0 Å². The van der Waals surface area contributed by atoms with E-state index in [0.717, 1.165) is 24.4 Å². The normalized spacial score (nSPS) is 48.4. The average molecular weight is 210 g/mol. The molecule has 15 heavy (non-hydrogen) atoms. The first-order chi connectivity index (χ1) is 7.08. The molecular formula is C13H26N2. The van der Waals surface area contributed by atoms with Gasteiger partial charge in [-0.15, -0.1) is 0 Å². The Morgan fingerprint density at radius 2 is 1.73 bits per heavy atom. The van der Waals surface area contributed by atoms with Gasteiger partial charge < -0.3 is 5.73 Å². The van der Waals surface area contributed by atoms with Crippen LogP contribution < -0.4 is 5.73 Å². The first-order valence-electron chi connectivity index (χ1n) is 6.57. The van der Waals surface area contributed by atoms with Crippen LogP contribution in [-0.2, 0) is 0 Å². The van der Waals surface area contributed by atoms with E-state index in [1.807, 2.05) is 0 Å². The lowest BCUT2D eigenvalue weighted by molar-refractivity contribution is 0.112. The third-order valence-electron chi connectivity index (χ3n) is 4.55. The van der Waals surface area contributed by atoms with Crippen molar-refractivity contribution in [2.75, 3.05) is 13.1 Å². The second-order valence-corrected chi connectivity index (χ2v) is 6.06. The fourth-order valence-corrected chi connectivity index (χ4v) is 3.49. The molecule has 0 amide bonds. The van der Waals surface area contributed by atoms with Gasteiger partial charge in [-0.05, 0) is 37.0 Å². The molecular weight excluding hydrogens is 184 g/mol. The van der Waals surface area contributed by atoms with Gasteiger partial charge in [0, 0.05) is 25.2 Å². The average Bonchev–Trinajstić information content (AvgIpc) is 2.46. The SMILES string of the molecule is CC1CCC(N2CC(C)C(N)C2)C(C)C1. The van der Waals surface area contributed by atoms with Crippen LogP contribution in [0.4, 0.5) is 0 Å². The van der Waals surface area contributed by atoms with E-state index in [-0.39, 0.29) is 0 Å². The summed E-state index contributed by atoms with van der Waals surface area (Å²) in [5.41, 5.74) is 6.11. The highest BCUT2D eigenvalue weighted by molar-refractivity contribution is 4.91. The number of rotatable bonds is 1. The number of hydrogen-bond donors (Lipinski definition) is 1. The van der Waals surface area contributed by atoms with Crippen LogP contribution in [0.3, 0.4) is 0 Å². The maximum atomic E-state index is 6.11. The highest BCUT2D eigenvalue weighted by Gasteiger charge is 2.35.